The highest BCUT2D eigenvalue weighted by atomic mass is 79.9. The van der Waals surface area contributed by atoms with Gasteiger partial charge in [0.05, 0.1) is 23.1 Å². The Morgan fingerprint density at radius 3 is 2.18 bits per heavy atom. The molecule has 0 aliphatic heterocycles. The van der Waals surface area contributed by atoms with Crippen LogP contribution in [0, 0.1) is 0 Å². The predicted molar refractivity (Wildman–Crippen MR) is 145 cm³/mol. The second-order valence-corrected chi connectivity index (χ2v) is 10.8. The SMILES string of the molecule is O=C(O)CCSC(SCCC(=O)O)c1cccc(/C=C/c2ccc(-c3ccccc3)c(Br)n2)c1. The number of aromatic nitrogens is 1. The zero-order valence-corrected chi connectivity index (χ0v) is 21.5. The number of hydrogen-bond donors (Lipinski definition) is 2. The molecule has 0 aliphatic rings. The van der Waals surface area contributed by atoms with Gasteiger partial charge in [-0.1, -0.05) is 54.6 Å². The lowest BCUT2D eigenvalue weighted by molar-refractivity contribution is -0.137. The van der Waals surface area contributed by atoms with Crippen molar-refractivity contribution in [2.75, 3.05) is 11.5 Å². The number of hydrogen-bond acceptors (Lipinski definition) is 5. The maximum Gasteiger partial charge on any atom is 0.304 e. The fraction of sp³-hybridized carbons (Fsp3) is 0.192. The number of carbonyl (C=O) groups is 2. The number of nitrogens with zero attached hydrogens (tertiary/aromatic N) is 1. The van der Waals surface area contributed by atoms with Crippen molar-refractivity contribution in [2.45, 2.75) is 17.4 Å². The van der Waals surface area contributed by atoms with E-state index in [4.69, 9.17) is 10.2 Å². The van der Waals surface area contributed by atoms with E-state index in [9.17, 15) is 9.59 Å². The highest BCUT2D eigenvalue weighted by Crippen LogP contribution is 2.40. The fourth-order valence-electron chi connectivity index (χ4n) is 3.11. The van der Waals surface area contributed by atoms with Crippen LogP contribution < -0.4 is 0 Å². The van der Waals surface area contributed by atoms with E-state index in [1.54, 1.807) is 0 Å². The number of benzene rings is 2. The van der Waals surface area contributed by atoms with Gasteiger partial charge in [-0.15, -0.1) is 23.5 Å². The van der Waals surface area contributed by atoms with Gasteiger partial charge in [-0.2, -0.15) is 0 Å². The number of aliphatic carboxylic acids is 2. The molecule has 1 heterocycles. The Labute approximate surface area is 215 Å². The van der Waals surface area contributed by atoms with Crippen LogP contribution in [0.1, 0.15) is 34.2 Å². The summed E-state index contributed by atoms with van der Waals surface area (Å²) in [4.78, 5) is 26.5. The van der Waals surface area contributed by atoms with Crippen LogP contribution in [0.15, 0.2) is 71.3 Å². The average molecular weight is 559 g/mol. The molecule has 1 aromatic heterocycles. The van der Waals surface area contributed by atoms with Gasteiger partial charge in [-0.05, 0) is 56.9 Å². The third-order valence-electron chi connectivity index (χ3n) is 4.75. The normalized spacial score (nSPS) is 11.2. The molecule has 0 unspecified atom stereocenters. The minimum atomic E-state index is -0.838. The van der Waals surface area contributed by atoms with Gasteiger partial charge < -0.3 is 10.2 Å². The summed E-state index contributed by atoms with van der Waals surface area (Å²) < 4.78 is 0.740. The van der Waals surface area contributed by atoms with Gasteiger partial charge in [0, 0.05) is 17.1 Å². The molecule has 0 spiro atoms. The third kappa shape index (κ3) is 8.34. The van der Waals surface area contributed by atoms with Crippen LogP contribution in [0.25, 0.3) is 23.3 Å². The first-order valence-corrected chi connectivity index (χ1v) is 13.5. The Balaban J connectivity index is 1.73. The second-order valence-electron chi connectivity index (χ2n) is 7.30. The van der Waals surface area contributed by atoms with E-state index >= 15 is 0 Å². The molecule has 0 saturated heterocycles. The average Bonchev–Trinajstić information content (AvgIpc) is 2.82. The molecule has 3 rings (SSSR count). The quantitative estimate of drug-likeness (QED) is 0.181. The number of thioether (sulfide) groups is 2. The molecule has 3 aromatic rings. The van der Waals surface area contributed by atoms with Gasteiger partial charge >= 0.3 is 11.9 Å². The lowest BCUT2D eigenvalue weighted by Gasteiger charge is -2.16. The molecular formula is C26H24BrNO4S2. The van der Waals surface area contributed by atoms with Gasteiger partial charge in [-0.25, -0.2) is 4.98 Å². The molecule has 2 N–H and O–H groups in total. The van der Waals surface area contributed by atoms with Crippen molar-refractivity contribution in [3.63, 3.8) is 0 Å². The monoisotopic (exact) mass is 557 g/mol. The van der Waals surface area contributed by atoms with Crippen LogP contribution in [0.2, 0.25) is 0 Å². The first-order chi connectivity index (χ1) is 16.4. The molecule has 0 amide bonds. The van der Waals surface area contributed by atoms with Gasteiger partial charge in [0.1, 0.15) is 4.60 Å². The Bertz CT molecular complexity index is 1130. The summed E-state index contributed by atoms with van der Waals surface area (Å²) in [6, 6.07) is 22.1. The summed E-state index contributed by atoms with van der Waals surface area (Å²) in [5.74, 6) is -0.747. The molecule has 0 fully saturated rings. The van der Waals surface area contributed by atoms with E-state index in [1.165, 1.54) is 23.5 Å². The summed E-state index contributed by atoms with van der Waals surface area (Å²) in [6.07, 6.45) is 4.07. The molecule has 0 aliphatic carbocycles. The van der Waals surface area contributed by atoms with Gasteiger partial charge in [0.15, 0.2) is 0 Å². The van der Waals surface area contributed by atoms with Crippen molar-refractivity contribution < 1.29 is 19.8 Å². The maximum absolute atomic E-state index is 10.9. The lowest BCUT2D eigenvalue weighted by atomic mass is 10.1. The minimum absolute atomic E-state index is 0.0375. The summed E-state index contributed by atoms with van der Waals surface area (Å²) >= 11 is 6.63. The van der Waals surface area contributed by atoms with Crippen molar-refractivity contribution in [3.8, 4) is 11.1 Å². The number of pyridine rings is 1. The van der Waals surface area contributed by atoms with Crippen molar-refractivity contribution in [3.05, 3.63) is 88.2 Å². The van der Waals surface area contributed by atoms with Crippen molar-refractivity contribution in [1.82, 2.24) is 4.98 Å². The number of rotatable bonds is 12. The third-order valence-corrected chi connectivity index (χ3v) is 8.21. The lowest BCUT2D eigenvalue weighted by Crippen LogP contribution is -2.01. The van der Waals surface area contributed by atoms with E-state index in [0.717, 1.165) is 32.6 Å². The summed E-state index contributed by atoms with van der Waals surface area (Å²) in [7, 11) is 0. The van der Waals surface area contributed by atoms with Crippen LogP contribution in [0.3, 0.4) is 0 Å². The van der Waals surface area contributed by atoms with Crippen molar-refractivity contribution in [1.29, 1.82) is 0 Å². The van der Waals surface area contributed by atoms with Gasteiger partial charge in [0.2, 0.25) is 0 Å². The smallest absolute Gasteiger partial charge is 0.304 e. The molecule has 2 aromatic carbocycles. The Morgan fingerprint density at radius 2 is 1.56 bits per heavy atom. The van der Waals surface area contributed by atoms with E-state index < -0.39 is 11.9 Å². The number of carboxylic acids is 2. The van der Waals surface area contributed by atoms with Crippen LogP contribution in [-0.2, 0) is 9.59 Å². The molecule has 5 nitrogen and oxygen atoms in total. The van der Waals surface area contributed by atoms with E-state index in [2.05, 4.69) is 27.0 Å². The van der Waals surface area contributed by atoms with Crippen LogP contribution in [0.5, 0.6) is 0 Å². The Morgan fingerprint density at radius 1 is 0.882 bits per heavy atom. The highest BCUT2D eigenvalue weighted by molar-refractivity contribution is 9.10. The largest absolute Gasteiger partial charge is 0.481 e. The standard InChI is InChI=1S/C26H24BrNO4S2/c27-25-22(19-6-2-1-3-7-19)12-11-21(28-25)10-9-18-5-4-8-20(17-18)26(33-15-13-23(29)30)34-16-14-24(31)32/h1-12,17,26H,13-16H2,(H,29,30)(H,31,32)/b10-9+. The zero-order chi connectivity index (χ0) is 24.3. The molecule has 176 valence electrons. The highest BCUT2D eigenvalue weighted by Gasteiger charge is 2.15. The van der Waals surface area contributed by atoms with Crippen LogP contribution in [0.4, 0.5) is 0 Å². The summed E-state index contributed by atoms with van der Waals surface area (Å²) in [5.41, 5.74) is 4.96. The summed E-state index contributed by atoms with van der Waals surface area (Å²) in [6.45, 7) is 0. The number of halogens is 1. The fourth-order valence-corrected chi connectivity index (χ4v) is 6.33. The molecule has 8 heteroatoms. The van der Waals surface area contributed by atoms with E-state index in [0.29, 0.717) is 11.5 Å². The predicted octanol–water partition coefficient (Wildman–Crippen LogP) is 7.10. The van der Waals surface area contributed by atoms with Crippen molar-refractivity contribution in [2.24, 2.45) is 0 Å². The zero-order valence-electron chi connectivity index (χ0n) is 18.3. The Hall–Kier alpha value is -2.55. The first-order valence-electron chi connectivity index (χ1n) is 10.6. The molecule has 0 bridgehead atoms. The minimum Gasteiger partial charge on any atom is -0.481 e. The van der Waals surface area contributed by atoms with Gasteiger partial charge in [-0.3, -0.25) is 9.59 Å². The second kappa shape index (κ2) is 13.4. The molecule has 0 saturated carbocycles. The Kier molecular flexibility index (Phi) is 10.2. The van der Waals surface area contributed by atoms with Crippen molar-refractivity contribution >= 4 is 63.5 Å². The van der Waals surface area contributed by atoms with Crippen LogP contribution in [-0.4, -0.2) is 38.6 Å². The van der Waals surface area contributed by atoms with E-state index in [-0.39, 0.29) is 17.4 Å². The van der Waals surface area contributed by atoms with Gasteiger partial charge in [0.25, 0.3) is 0 Å². The topological polar surface area (TPSA) is 87.5 Å². The maximum atomic E-state index is 10.9. The summed E-state index contributed by atoms with van der Waals surface area (Å²) in [5, 5.41) is 17.9. The van der Waals surface area contributed by atoms with Crippen LogP contribution >= 0.6 is 39.5 Å². The number of carboxylic acid groups (broad SMARTS) is 2. The van der Waals surface area contributed by atoms with E-state index in [1.807, 2.05) is 72.8 Å². The molecule has 0 atom stereocenters. The molecule has 0 radical (unpaired) electrons. The first kappa shape index (κ1) is 26.1. The molecule has 34 heavy (non-hydrogen) atoms. The molecular weight excluding hydrogens is 534 g/mol.